The SMILES string of the molecule is CCCCCCCCCCOc1ccc(-c2cc3cc4c(=[N+](CCCCCCCC)CCCCCCCC)oc(-c5ccc(OCCCCCCCCCC)cc5)cc4cc3c(=[N+](CCCCCCCC)CCCCCCCC)o2)cc1. The Morgan fingerprint density at radius 2 is 0.524 bits per heavy atom. The first kappa shape index (κ1) is 68.5. The Kier molecular flexibility index (Phi) is 36.9. The second-order valence-electron chi connectivity index (χ2n) is 24.6. The molecular weight excluding hydrogens is 1000 g/mol. The molecule has 2 aromatic heterocycles. The maximum Gasteiger partial charge on any atom is 0.375 e. The molecule has 6 nitrogen and oxygen atoms in total. The largest absolute Gasteiger partial charge is 0.494 e. The lowest BCUT2D eigenvalue weighted by molar-refractivity contribution is 0.304. The van der Waals surface area contributed by atoms with Crippen LogP contribution in [0.5, 0.6) is 11.5 Å². The predicted octanol–water partition coefficient (Wildman–Crippen LogP) is 22.5. The zero-order chi connectivity index (χ0) is 57.9. The van der Waals surface area contributed by atoms with E-state index < -0.39 is 0 Å². The van der Waals surface area contributed by atoms with E-state index in [1.807, 2.05) is 0 Å². The number of nitrogens with zero attached hydrogens (tertiary/aromatic N) is 2. The third-order valence-electron chi connectivity index (χ3n) is 17.2. The van der Waals surface area contributed by atoms with Gasteiger partial charge in [0, 0.05) is 36.8 Å². The van der Waals surface area contributed by atoms with Crippen LogP contribution in [0.15, 0.2) is 81.6 Å². The highest BCUT2D eigenvalue weighted by Crippen LogP contribution is 2.30. The predicted molar refractivity (Wildman–Crippen MR) is 357 cm³/mol. The van der Waals surface area contributed by atoms with Gasteiger partial charge in [-0.25, -0.2) is 0 Å². The zero-order valence-corrected chi connectivity index (χ0v) is 54.0. The summed E-state index contributed by atoms with van der Waals surface area (Å²) < 4.78 is 32.7. The van der Waals surface area contributed by atoms with Crippen molar-refractivity contribution in [3.05, 3.63) is 83.9 Å². The van der Waals surface area contributed by atoms with Gasteiger partial charge in [0.15, 0.2) is 0 Å². The van der Waals surface area contributed by atoms with Gasteiger partial charge in [-0.3, -0.25) is 0 Å². The Balaban J connectivity index is 1.63. The van der Waals surface area contributed by atoms with E-state index in [4.69, 9.17) is 18.3 Å². The maximum absolute atomic E-state index is 7.38. The molecule has 0 saturated heterocycles. The van der Waals surface area contributed by atoms with Gasteiger partial charge in [0.25, 0.3) is 0 Å². The lowest BCUT2D eigenvalue weighted by atomic mass is 10.0. The average molecular weight is 1130 g/mol. The third kappa shape index (κ3) is 26.7. The molecule has 5 rings (SSSR count). The van der Waals surface area contributed by atoms with Gasteiger partial charge in [-0.05, 0) is 122 Å². The van der Waals surface area contributed by atoms with Crippen molar-refractivity contribution in [2.75, 3.05) is 39.4 Å². The standard InChI is InChI=1S/C76H122N2O4/c1-7-13-19-25-31-33-39-45-59-79-69-51-47-65(48-52-69)73-63-67-61-72-68(62-71(67)75(81-73)77(55-41-35-27-21-15-9-3)56-42-36-28-22-16-10-4)64-74(66-49-53-70(54-50-66)80-60-46-40-34-32-26-20-14-8-2)82-76(72)78(57-43-37-29-23-17-11-5)58-44-38-30-24-18-12-6/h47-54,61-64H,7-46,55-60H2,1-6H3/q+2. The number of unbranched alkanes of at least 4 members (excludes halogenated alkanes) is 34. The second kappa shape index (κ2) is 44.2. The molecule has 0 atom stereocenters. The molecule has 0 aliphatic heterocycles. The van der Waals surface area contributed by atoms with Crippen LogP contribution in [0.3, 0.4) is 0 Å². The first-order valence-electron chi connectivity index (χ1n) is 35.2. The van der Waals surface area contributed by atoms with E-state index in [2.05, 4.69) is 123 Å². The molecule has 82 heavy (non-hydrogen) atoms. The van der Waals surface area contributed by atoms with Crippen LogP contribution in [0.2, 0.25) is 0 Å². The molecule has 5 aromatic rings. The van der Waals surface area contributed by atoms with E-state index in [-0.39, 0.29) is 0 Å². The van der Waals surface area contributed by atoms with Crippen molar-refractivity contribution >= 4 is 21.5 Å². The van der Waals surface area contributed by atoms with Crippen LogP contribution in [0.1, 0.15) is 298 Å². The normalized spacial score (nSPS) is 11.6. The summed E-state index contributed by atoms with van der Waals surface area (Å²) in [4.78, 5) is 0. The highest BCUT2D eigenvalue weighted by atomic mass is 16.5. The quantitative estimate of drug-likeness (QED) is 0.0221. The summed E-state index contributed by atoms with van der Waals surface area (Å²) in [6.07, 6.45) is 51.3. The highest BCUT2D eigenvalue weighted by Gasteiger charge is 2.21. The van der Waals surface area contributed by atoms with Gasteiger partial charge in [-0.15, -0.1) is 0 Å². The summed E-state index contributed by atoms with van der Waals surface area (Å²) in [6.45, 7) is 19.3. The van der Waals surface area contributed by atoms with Crippen LogP contribution in [-0.2, 0) is 0 Å². The van der Waals surface area contributed by atoms with Crippen molar-refractivity contribution in [3.8, 4) is 34.1 Å². The summed E-state index contributed by atoms with van der Waals surface area (Å²) in [5, 5.41) is 4.78. The van der Waals surface area contributed by atoms with Crippen molar-refractivity contribution in [1.29, 1.82) is 0 Å². The molecule has 0 aliphatic rings. The number of hydrogen-bond donors (Lipinski definition) is 0. The Labute approximate surface area is 502 Å². The average Bonchev–Trinajstić information content (AvgIpc) is 3.68. The molecule has 3 aromatic carbocycles. The fraction of sp³-hybridized carbons (Fsp3) is 0.684. The van der Waals surface area contributed by atoms with E-state index >= 15 is 0 Å². The summed E-state index contributed by atoms with van der Waals surface area (Å²) in [5.41, 5.74) is 4.17. The topological polar surface area (TPSA) is 50.8 Å². The van der Waals surface area contributed by atoms with Crippen molar-refractivity contribution in [2.24, 2.45) is 0 Å². The zero-order valence-electron chi connectivity index (χ0n) is 54.0. The van der Waals surface area contributed by atoms with Gasteiger partial charge in [0.1, 0.15) is 49.2 Å². The van der Waals surface area contributed by atoms with E-state index in [1.54, 1.807) is 0 Å². The van der Waals surface area contributed by atoms with Gasteiger partial charge >= 0.3 is 11.1 Å². The first-order chi connectivity index (χ1) is 40.5. The molecule has 0 unspecified atom stereocenters. The van der Waals surface area contributed by atoms with Crippen molar-refractivity contribution in [1.82, 2.24) is 9.15 Å². The van der Waals surface area contributed by atoms with Crippen LogP contribution in [0.25, 0.3) is 44.2 Å². The molecule has 0 fully saturated rings. The van der Waals surface area contributed by atoms with Crippen molar-refractivity contribution in [3.63, 3.8) is 0 Å². The highest BCUT2D eigenvalue weighted by molar-refractivity contribution is 5.98. The van der Waals surface area contributed by atoms with Gasteiger partial charge in [-0.2, -0.15) is 9.15 Å². The van der Waals surface area contributed by atoms with Crippen LogP contribution in [0, 0.1) is 0 Å². The van der Waals surface area contributed by atoms with Gasteiger partial charge in [-0.1, -0.05) is 234 Å². The number of fused-ring (bicyclic) bond motifs is 2. The van der Waals surface area contributed by atoms with Crippen LogP contribution < -0.4 is 29.7 Å². The monoisotopic (exact) mass is 1130 g/mol. The number of benzene rings is 3. The Morgan fingerprint density at radius 3 is 0.793 bits per heavy atom. The molecule has 0 N–H and O–H groups in total. The smallest absolute Gasteiger partial charge is 0.375 e. The third-order valence-corrected chi connectivity index (χ3v) is 17.2. The molecule has 0 amide bonds. The molecule has 0 radical (unpaired) electrons. The van der Waals surface area contributed by atoms with Crippen molar-refractivity contribution in [2.45, 2.75) is 298 Å². The van der Waals surface area contributed by atoms with Gasteiger partial charge in [0.2, 0.25) is 0 Å². The van der Waals surface area contributed by atoms with E-state index in [0.717, 1.165) is 123 Å². The van der Waals surface area contributed by atoms with E-state index in [0.29, 0.717) is 0 Å². The fourth-order valence-electron chi connectivity index (χ4n) is 11.9. The molecule has 458 valence electrons. The molecule has 0 bridgehead atoms. The molecule has 0 aliphatic carbocycles. The second-order valence-corrected chi connectivity index (χ2v) is 24.6. The Bertz CT molecular complexity index is 2320. The summed E-state index contributed by atoms with van der Waals surface area (Å²) in [6, 6.07) is 27.0. The molecule has 0 spiro atoms. The van der Waals surface area contributed by atoms with Crippen LogP contribution in [0.4, 0.5) is 0 Å². The maximum atomic E-state index is 7.38. The molecule has 6 heteroatoms. The van der Waals surface area contributed by atoms with Gasteiger partial charge < -0.3 is 18.3 Å². The molecule has 0 saturated carbocycles. The lowest BCUT2D eigenvalue weighted by Gasteiger charge is -2.11. The van der Waals surface area contributed by atoms with E-state index in [1.165, 1.54) is 240 Å². The first-order valence-corrected chi connectivity index (χ1v) is 35.2. The fourth-order valence-corrected chi connectivity index (χ4v) is 11.9. The molecular formula is C76H122N2O4+2. The summed E-state index contributed by atoms with van der Waals surface area (Å²) in [5.74, 6) is 3.68. The Hall–Kier alpha value is -4.32. The minimum atomic E-state index is 0.765. The number of ether oxygens (including phenoxy) is 2. The van der Waals surface area contributed by atoms with Crippen LogP contribution in [-0.4, -0.2) is 39.4 Å². The van der Waals surface area contributed by atoms with E-state index in [9.17, 15) is 0 Å². The summed E-state index contributed by atoms with van der Waals surface area (Å²) >= 11 is 0. The Morgan fingerprint density at radius 1 is 0.280 bits per heavy atom. The minimum absolute atomic E-state index is 0.765. The molecule has 2 heterocycles. The lowest BCUT2D eigenvalue weighted by Crippen LogP contribution is -2.33. The van der Waals surface area contributed by atoms with Crippen LogP contribution >= 0.6 is 0 Å². The number of hydrogen-bond acceptors (Lipinski definition) is 4. The van der Waals surface area contributed by atoms with Gasteiger partial charge in [0.05, 0.1) is 24.0 Å². The van der Waals surface area contributed by atoms with Crippen molar-refractivity contribution < 1.29 is 18.3 Å². The summed E-state index contributed by atoms with van der Waals surface area (Å²) in [7, 11) is 0. The number of rotatable bonds is 50. The minimum Gasteiger partial charge on any atom is -0.494 e.